The van der Waals surface area contributed by atoms with Crippen molar-refractivity contribution in [2.45, 2.75) is 39.3 Å². The Hall–Kier alpha value is -1.13. The largest absolute Gasteiger partial charge is 0.305 e. The second kappa shape index (κ2) is 6.71. The molecule has 2 aromatic rings. The SMILES string of the molecule is CCCNC(c1ccsc1)c1ccnn1CCC. The molecule has 0 aliphatic rings. The molecule has 98 valence electrons. The van der Waals surface area contributed by atoms with Crippen molar-refractivity contribution in [3.63, 3.8) is 0 Å². The van der Waals surface area contributed by atoms with E-state index in [9.17, 15) is 0 Å². The molecular formula is C14H21N3S. The summed E-state index contributed by atoms with van der Waals surface area (Å²) in [5.41, 5.74) is 2.61. The summed E-state index contributed by atoms with van der Waals surface area (Å²) in [6.07, 6.45) is 4.15. The van der Waals surface area contributed by atoms with Crippen molar-refractivity contribution in [3.05, 3.63) is 40.3 Å². The van der Waals surface area contributed by atoms with Crippen LogP contribution in [0.3, 0.4) is 0 Å². The van der Waals surface area contributed by atoms with Crippen LogP contribution in [0.25, 0.3) is 0 Å². The second-order valence-corrected chi connectivity index (χ2v) is 5.20. The number of nitrogens with one attached hydrogen (secondary N) is 1. The van der Waals surface area contributed by atoms with Crippen molar-refractivity contribution in [1.82, 2.24) is 15.1 Å². The average molecular weight is 263 g/mol. The van der Waals surface area contributed by atoms with E-state index in [1.165, 1.54) is 11.3 Å². The summed E-state index contributed by atoms with van der Waals surface area (Å²) in [4.78, 5) is 0. The normalized spacial score (nSPS) is 12.8. The molecule has 0 radical (unpaired) electrons. The summed E-state index contributed by atoms with van der Waals surface area (Å²) in [7, 11) is 0. The van der Waals surface area contributed by atoms with Gasteiger partial charge in [-0.1, -0.05) is 13.8 Å². The van der Waals surface area contributed by atoms with Crippen LogP contribution in [0.1, 0.15) is 44.0 Å². The zero-order valence-electron chi connectivity index (χ0n) is 11.1. The highest BCUT2D eigenvalue weighted by Crippen LogP contribution is 2.24. The number of thiophene rings is 1. The molecule has 0 aliphatic heterocycles. The monoisotopic (exact) mass is 263 g/mol. The van der Waals surface area contributed by atoms with Crippen LogP contribution in [-0.4, -0.2) is 16.3 Å². The predicted molar refractivity (Wildman–Crippen MR) is 77.0 cm³/mol. The van der Waals surface area contributed by atoms with Gasteiger partial charge in [-0.05, 0) is 47.8 Å². The van der Waals surface area contributed by atoms with E-state index in [2.05, 4.69) is 51.8 Å². The lowest BCUT2D eigenvalue weighted by Crippen LogP contribution is -2.25. The fourth-order valence-corrected chi connectivity index (χ4v) is 2.79. The molecular weight excluding hydrogens is 242 g/mol. The van der Waals surface area contributed by atoms with E-state index in [4.69, 9.17) is 0 Å². The average Bonchev–Trinajstić information content (AvgIpc) is 3.02. The minimum absolute atomic E-state index is 0.269. The van der Waals surface area contributed by atoms with E-state index in [0.717, 1.165) is 25.9 Å². The highest BCUT2D eigenvalue weighted by atomic mass is 32.1. The summed E-state index contributed by atoms with van der Waals surface area (Å²) in [6.45, 7) is 6.39. The van der Waals surface area contributed by atoms with Gasteiger partial charge >= 0.3 is 0 Å². The molecule has 2 aromatic heterocycles. The molecule has 0 aliphatic carbocycles. The van der Waals surface area contributed by atoms with Crippen LogP contribution < -0.4 is 5.32 Å². The van der Waals surface area contributed by atoms with E-state index in [-0.39, 0.29) is 6.04 Å². The molecule has 4 heteroatoms. The number of hydrogen-bond donors (Lipinski definition) is 1. The molecule has 1 atom stereocenters. The first-order chi connectivity index (χ1) is 8.86. The van der Waals surface area contributed by atoms with Gasteiger partial charge in [0.15, 0.2) is 0 Å². The van der Waals surface area contributed by atoms with Gasteiger partial charge in [-0.2, -0.15) is 16.4 Å². The van der Waals surface area contributed by atoms with Crippen molar-refractivity contribution >= 4 is 11.3 Å². The Morgan fingerprint density at radius 3 is 2.89 bits per heavy atom. The Morgan fingerprint density at radius 2 is 2.22 bits per heavy atom. The standard InChI is InChI=1S/C14H21N3S/c1-3-7-15-14(12-6-10-18-11-12)13-5-8-16-17(13)9-4-2/h5-6,8,10-11,14-15H,3-4,7,9H2,1-2H3. The van der Waals surface area contributed by atoms with Crippen LogP contribution in [0.5, 0.6) is 0 Å². The molecule has 0 bridgehead atoms. The minimum Gasteiger partial charge on any atom is -0.305 e. The summed E-state index contributed by atoms with van der Waals surface area (Å²) in [5.74, 6) is 0. The number of rotatable bonds is 7. The van der Waals surface area contributed by atoms with Gasteiger partial charge < -0.3 is 5.32 Å². The summed E-state index contributed by atoms with van der Waals surface area (Å²) >= 11 is 1.75. The quantitative estimate of drug-likeness (QED) is 0.829. The van der Waals surface area contributed by atoms with Gasteiger partial charge in [-0.15, -0.1) is 0 Å². The maximum atomic E-state index is 4.42. The molecule has 1 N–H and O–H groups in total. The highest BCUT2D eigenvalue weighted by Gasteiger charge is 2.17. The zero-order chi connectivity index (χ0) is 12.8. The van der Waals surface area contributed by atoms with Crippen LogP contribution >= 0.6 is 11.3 Å². The minimum atomic E-state index is 0.269. The van der Waals surface area contributed by atoms with Crippen molar-refractivity contribution in [2.24, 2.45) is 0 Å². The lowest BCUT2D eigenvalue weighted by molar-refractivity contribution is 0.512. The fourth-order valence-electron chi connectivity index (χ4n) is 2.11. The highest BCUT2D eigenvalue weighted by molar-refractivity contribution is 7.08. The van der Waals surface area contributed by atoms with Crippen LogP contribution in [-0.2, 0) is 6.54 Å². The van der Waals surface area contributed by atoms with Crippen LogP contribution in [0, 0.1) is 0 Å². The van der Waals surface area contributed by atoms with E-state index in [1.54, 1.807) is 11.3 Å². The molecule has 0 fully saturated rings. The molecule has 0 saturated carbocycles. The Kier molecular flexibility index (Phi) is 4.96. The van der Waals surface area contributed by atoms with Crippen molar-refractivity contribution in [2.75, 3.05) is 6.54 Å². The Balaban J connectivity index is 2.24. The smallest absolute Gasteiger partial charge is 0.0756 e. The van der Waals surface area contributed by atoms with Gasteiger partial charge in [-0.25, -0.2) is 0 Å². The molecule has 0 amide bonds. The maximum Gasteiger partial charge on any atom is 0.0756 e. The molecule has 0 spiro atoms. The number of aryl methyl sites for hydroxylation is 1. The van der Waals surface area contributed by atoms with Crippen molar-refractivity contribution < 1.29 is 0 Å². The van der Waals surface area contributed by atoms with E-state index in [0.29, 0.717) is 0 Å². The van der Waals surface area contributed by atoms with Gasteiger partial charge in [0.05, 0.1) is 11.7 Å². The molecule has 0 saturated heterocycles. The third-order valence-electron chi connectivity index (χ3n) is 2.96. The first-order valence-electron chi connectivity index (χ1n) is 6.64. The Labute approximate surface area is 113 Å². The summed E-state index contributed by atoms with van der Waals surface area (Å²) in [6, 6.07) is 4.59. The number of hydrogen-bond acceptors (Lipinski definition) is 3. The lowest BCUT2D eigenvalue weighted by atomic mass is 10.1. The van der Waals surface area contributed by atoms with E-state index in [1.807, 2.05) is 6.20 Å². The van der Waals surface area contributed by atoms with Crippen LogP contribution in [0.4, 0.5) is 0 Å². The summed E-state index contributed by atoms with van der Waals surface area (Å²) in [5, 5.41) is 12.4. The third kappa shape index (κ3) is 3.00. The molecule has 3 nitrogen and oxygen atoms in total. The molecule has 18 heavy (non-hydrogen) atoms. The van der Waals surface area contributed by atoms with Gasteiger partial charge in [0.2, 0.25) is 0 Å². The maximum absolute atomic E-state index is 4.42. The molecule has 2 heterocycles. The number of nitrogens with zero attached hydrogens (tertiary/aromatic N) is 2. The molecule has 2 rings (SSSR count). The van der Waals surface area contributed by atoms with E-state index >= 15 is 0 Å². The van der Waals surface area contributed by atoms with Crippen LogP contribution in [0.2, 0.25) is 0 Å². The second-order valence-electron chi connectivity index (χ2n) is 4.42. The zero-order valence-corrected chi connectivity index (χ0v) is 11.9. The topological polar surface area (TPSA) is 29.9 Å². The third-order valence-corrected chi connectivity index (χ3v) is 3.66. The van der Waals surface area contributed by atoms with Gasteiger partial charge in [-0.3, -0.25) is 4.68 Å². The predicted octanol–water partition coefficient (Wildman–Crippen LogP) is 3.44. The van der Waals surface area contributed by atoms with E-state index < -0.39 is 0 Å². The number of aromatic nitrogens is 2. The van der Waals surface area contributed by atoms with Gasteiger partial charge in [0.1, 0.15) is 0 Å². The Morgan fingerprint density at radius 1 is 1.33 bits per heavy atom. The molecule has 0 aromatic carbocycles. The Bertz CT molecular complexity index is 447. The lowest BCUT2D eigenvalue weighted by Gasteiger charge is -2.19. The van der Waals surface area contributed by atoms with Gasteiger partial charge in [0.25, 0.3) is 0 Å². The van der Waals surface area contributed by atoms with Crippen molar-refractivity contribution in [3.8, 4) is 0 Å². The summed E-state index contributed by atoms with van der Waals surface area (Å²) < 4.78 is 2.12. The first kappa shape index (κ1) is 13.3. The van der Waals surface area contributed by atoms with Crippen molar-refractivity contribution in [1.29, 1.82) is 0 Å². The molecule has 1 unspecified atom stereocenters. The fraction of sp³-hybridized carbons (Fsp3) is 0.500. The first-order valence-corrected chi connectivity index (χ1v) is 7.58. The van der Waals surface area contributed by atoms with Crippen LogP contribution in [0.15, 0.2) is 29.1 Å². The van der Waals surface area contributed by atoms with Gasteiger partial charge in [0, 0.05) is 12.7 Å².